The van der Waals surface area contributed by atoms with Crippen molar-refractivity contribution in [3.05, 3.63) is 103 Å². The van der Waals surface area contributed by atoms with Gasteiger partial charge < -0.3 is 10.1 Å². The molecule has 27 heavy (non-hydrogen) atoms. The second-order valence-electron chi connectivity index (χ2n) is 6.11. The first-order valence-electron chi connectivity index (χ1n) is 8.85. The molecule has 0 spiro atoms. The van der Waals surface area contributed by atoms with Crippen LogP contribution in [0, 0.1) is 0 Å². The van der Waals surface area contributed by atoms with Gasteiger partial charge in [-0.15, -0.1) is 0 Å². The molecule has 2 aromatic carbocycles. The van der Waals surface area contributed by atoms with Crippen LogP contribution >= 0.6 is 0 Å². The Hall–Kier alpha value is -3.44. The van der Waals surface area contributed by atoms with Crippen molar-refractivity contribution in [2.24, 2.45) is 0 Å². The molecule has 5 heteroatoms. The number of pyridine rings is 1. The predicted octanol–water partition coefficient (Wildman–Crippen LogP) is 4.35. The van der Waals surface area contributed by atoms with Crippen LogP contribution in [0.5, 0.6) is 11.6 Å². The van der Waals surface area contributed by atoms with Crippen LogP contribution in [-0.2, 0) is 13.1 Å². The van der Waals surface area contributed by atoms with Crippen LogP contribution in [0.1, 0.15) is 11.1 Å². The van der Waals surface area contributed by atoms with Crippen molar-refractivity contribution in [3.8, 4) is 17.3 Å². The van der Waals surface area contributed by atoms with E-state index in [1.807, 2.05) is 71.5 Å². The molecule has 0 radical (unpaired) electrons. The number of nitrogens with zero attached hydrogens (tertiary/aromatic N) is 3. The number of para-hydroxylation sites is 1. The highest BCUT2D eigenvalue weighted by molar-refractivity contribution is 5.35. The van der Waals surface area contributed by atoms with E-state index in [0.717, 1.165) is 23.5 Å². The first kappa shape index (κ1) is 17.0. The summed E-state index contributed by atoms with van der Waals surface area (Å²) in [6, 6.07) is 23.9. The van der Waals surface area contributed by atoms with Gasteiger partial charge in [0.15, 0.2) is 0 Å². The average molecular weight is 356 g/mol. The van der Waals surface area contributed by atoms with Crippen LogP contribution in [0.2, 0.25) is 0 Å². The van der Waals surface area contributed by atoms with Gasteiger partial charge in [-0.25, -0.2) is 9.67 Å². The van der Waals surface area contributed by atoms with Gasteiger partial charge in [0.1, 0.15) is 5.75 Å². The highest BCUT2D eigenvalue weighted by Crippen LogP contribution is 2.22. The molecular weight excluding hydrogens is 336 g/mol. The highest BCUT2D eigenvalue weighted by Gasteiger charge is 2.06. The normalized spacial score (nSPS) is 10.7. The van der Waals surface area contributed by atoms with E-state index in [2.05, 4.69) is 27.5 Å². The Kier molecular flexibility index (Phi) is 5.22. The van der Waals surface area contributed by atoms with E-state index in [0.29, 0.717) is 12.4 Å². The van der Waals surface area contributed by atoms with Crippen molar-refractivity contribution in [3.63, 3.8) is 0 Å². The Morgan fingerprint density at radius 1 is 0.852 bits per heavy atom. The third kappa shape index (κ3) is 4.40. The summed E-state index contributed by atoms with van der Waals surface area (Å²) >= 11 is 0. The first-order chi connectivity index (χ1) is 13.4. The Bertz CT molecular complexity index is 984. The molecule has 1 N–H and O–H groups in total. The highest BCUT2D eigenvalue weighted by atomic mass is 16.5. The summed E-state index contributed by atoms with van der Waals surface area (Å²) in [6.07, 6.45) is 5.46. The molecule has 0 fully saturated rings. The van der Waals surface area contributed by atoms with Gasteiger partial charge in [-0.3, -0.25) is 0 Å². The van der Waals surface area contributed by atoms with E-state index in [-0.39, 0.29) is 0 Å². The summed E-state index contributed by atoms with van der Waals surface area (Å²) in [5.41, 5.74) is 3.26. The molecule has 5 nitrogen and oxygen atoms in total. The standard InChI is InChI=1S/C22H20N4O/c1-2-10-21(11-3-1)27-22-19(8-5-12-24-22)17-23-16-18-7-4-9-20(15-18)26-14-6-13-25-26/h1-15,23H,16-17H2. The molecule has 0 aliphatic carbocycles. The summed E-state index contributed by atoms with van der Waals surface area (Å²) in [7, 11) is 0. The molecule has 4 aromatic rings. The van der Waals surface area contributed by atoms with Gasteiger partial charge in [0.05, 0.1) is 5.69 Å². The van der Waals surface area contributed by atoms with Crippen molar-refractivity contribution in [2.75, 3.05) is 0 Å². The minimum atomic E-state index is 0.626. The number of aromatic nitrogens is 3. The van der Waals surface area contributed by atoms with Crippen molar-refractivity contribution >= 4 is 0 Å². The lowest BCUT2D eigenvalue weighted by Gasteiger charge is -2.11. The Morgan fingerprint density at radius 2 is 1.78 bits per heavy atom. The average Bonchev–Trinajstić information content (AvgIpc) is 3.25. The first-order valence-corrected chi connectivity index (χ1v) is 8.85. The maximum Gasteiger partial charge on any atom is 0.223 e. The molecular formula is C22H20N4O. The fourth-order valence-electron chi connectivity index (χ4n) is 2.82. The molecule has 2 heterocycles. The summed E-state index contributed by atoms with van der Waals surface area (Å²) in [5.74, 6) is 1.41. The molecule has 0 bridgehead atoms. The number of ether oxygens (including phenoxy) is 1. The summed E-state index contributed by atoms with van der Waals surface area (Å²) < 4.78 is 7.78. The van der Waals surface area contributed by atoms with Crippen molar-refractivity contribution in [1.82, 2.24) is 20.1 Å². The second-order valence-corrected chi connectivity index (χ2v) is 6.11. The SMILES string of the molecule is c1ccc(Oc2ncccc2CNCc2cccc(-n3cccn3)c2)cc1. The van der Waals surface area contributed by atoms with Crippen molar-refractivity contribution < 1.29 is 4.74 Å². The molecule has 0 amide bonds. The van der Waals surface area contributed by atoms with Gasteiger partial charge in [-0.1, -0.05) is 36.4 Å². The van der Waals surface area contributed by atoms with E-state index in [1.54, 1.807) is 12.4 Å². The maximum absolute atomic E-state index is 5.92. The van der Waals surface area contributed by atoms with Gasteiger partial charge in [0.2, 0.25) is 5.88 Å². The number of benzene rings is 2. The predicted molar refractivity (Wildman–Crippen MR) is 105 cm³/mol. The fourth-order valence-corrected chi connectivity index (χ4v) is 2.82. The Morgan fingerprint density at radius 3 is 2.63 bits per heavy atom. The van der Waals surface area contributed by atoms with Gasteiger partial charge >= 0.3 is 0 Å². The van der Waals surface area contributed by atoms with Crippen LogP contribution in [0.15, 0.2) is 91.4 Å². The smallest absolute Gasteiger partial charge is 0.223 e. The van der Waals surface area contributed by atoms with Gasteiger partial charge in [-0.05, 0) is 42.0 Å². The molecule has 0 aliphatic heterocycles. The van der Waals surface area contributed by atoms with E-state index in [1.165, 1.54) is 5.56 Å². The Balaban J connectivity index is 1.40. The fraction of sp³-hybridized carbons (Fsp3) is 0.0909. The number of hydrogen-bond donors (Lipinski definition) is 1. The second kappa shape index (κ2) is 8.29. The molecule has 2 aromatic heterocycles. The minimum absolute atomic E-state index is 0.626. The van der Waals surface area contributed by atoms with Crippen LogP contribution in [0.3, 0.4) is 0 Å². The number of nitrogens with one attached hydrogen (secondary N) is 1. The molecule has 0 atom stereocenters. The zero-order valence-corrected chi connectivity index (χ0v) is 14.8. The molecule has 0 unspecified atom stereocenters. The van der Waals surface area contributed by atoms with Crippen molar-refractivity contribution in [2.45, 2.75) is 13.1 Å². The van der Waals surface area contributed by atoms with Crippen LogP contribution in [0.4, 0.5) is 0 Å². The van der Waals surface area contributed by atoms with Gasteiger partial charge in [0.25, 0.3) is 0 Å². The van der Waals surface area contributed by atoms with Gasteiger partial charge in [0, 0.05) is 37.2 Å². The maximum atomic E-state index is 5.92. The minimum Gasteiger partial charge on any atom is -0.439 e. The third-order valence-corrected chi connectivity index (χ3v) is 4.13. The quantitative estimate of drug-likeness (QED) is 0.535. The third-order valence-electron chi connectivity index (χ3n) is 4.13. The van der Waals surface area contributed by atoms with E-state index in [9.17, 15) is 0 Å². The van der Waals surface area contributed by atoms with E-state index < -0.39 is 0 Å². The lowest BCUT2D eigenvalue weighted by Crippen LogP contribution is -2.14. The summed E-state index contributed by atoms with van der Waals surface area (Å²) in [4.78, 5) is 4.37. The molecule has 134 valence electrons. The number of hydrogen-bond acceptors (Lipinski definition) is 4. The number of rotatable bonds is 7. The molecule has 0 aliphatic rings. The largest absolute Gasteiger partial charge is 0.439 e. The molecule has 0 saturated carbocycles. The summed E-state index contributed by atoms with van der Waals surface area (Å²) in [6.45, 7) is 1.41. The Labute approximate surface area is 158 Å². The van der Waals surface area contributed by atoms with E-state index >= 15 is 0 Å². The zero-order valence-electron chi connectivity index (χ0n) is 14.8. The molecule has 4 rings (SSSR count). The van der Waals surface area contributed by atoms with E-state index in [4.69, 9.17) is 4.74 Å². The lowest BCUT2D eigenvalue weighted by molar-refractivity contribution is 0.453. The van der Waals surface area contributed by atoms with Crippen LogP contribution in [-0.4, -0.2) is 14.8 Å². The zero-order chi connectivity index (χ0) is 18.3. The monoisotopic (exact) mass is 356 g/mol. The summed E-state index contributed by atoms with van der Waals surface area (Å²) in [5, 5.41) is 7.75. The van der Waals surface area contributed by atoms with Crippen LogP contribution < -0.4 is 10.1 Å². The lowest BCUT2D eigenvalue weighted by atomic mass is 10.2. The van der Waals surface area contributed by atoms with Crippen molar-refractivity contribution in [1.29, 1.82) is 0 Å². The van der Waals surface area contributed by atoms with Crippen LogP contribution in [0.25, 0.3) is 5.69 Å². The topological polar surface area (TPSA) is 52.0 Å². The van der Waals surface area contributed by atoms with Gasteiger partial charge in [-0.2, -0.15) is 5.10 Å². The molecule has 0 saturated heterocycles.